The van der Waals surface area contributed by atoms with Gasteiger partial charge in [-0.15, -0.1) is 0 Å². The maximum absolute atomic E-state index is 6.07. The lowest BCUT2D eigenvalue weighted by Gasteiger charge is -2.41. The molecule has 112 valence electrons. The zero-order chi connectivity index (χ0) is 14.9. The third-order valence-corrected chi connectivity index (χ3v) is 3.49. The van der Waals surface area contributed by atoms with Gasteiger partial charge in [0.05, 0.1) is 0 Å². The van der Waals surface area contributed by atoms with Gasteiger partial charge in [-0.05, 0) is 18.9 Å². The van der Waals surface area contributed by atoms with Gasteiger partial charge < -0.3 is 21.7 Å². The molecule has 1 aliphatic heterocycles. The summed E-state index contributed by atoms with van der Waals surface area (Å²) in [5.41, 5.74) is 13.0. The fraction of sp³-hybridized carbons (Fsp3) is 0.714. The van der Waals surface area contributed by atoms with Gasteiger partial charge in [0.1, 0.15) is 11.6 Å². The van der Waals surface area contributed by atoms with Crippen LogP contribution >= 0.6 is 0 Å². The van der Waals surface area contributed by atoms with Crippen LogP contribution < -0.4 is 21.7 Å². The number of aromatic nitrogens is 2. The van der Waals surface area contributed by atoms with Gasteiger partial charge in [-0.2, -0.15) is 9.97 Å². The van der Waals surface area contributed by atoms with E-state index < -0.39 is 0 Å². The lowest BCUT2D eigenvalue weighted by Crippen LogP contribution is -2.51. The van der Waals surface area contributed by atoms with E-state index in [0.717, 1.165) is 37.4 Å². The molecule has 0 radical (unpaired) electrons. The highest BCUT2D eigenvalue weighted by molar-refractivity contribution is 5.61. The van der Waals surface area contributed by atoms with Gasteiger partial charge >= 0.3 is 0 Å². The fourth-order valence-corrected chi connectivity index (χ4v) is 2.63. The second-order valence-corrected chi connectivity index (χ2v) is 6.84. The molecule has 1 saturated heterocycles. The Hall–Kier alpha value is -1.56. The predicted molar refractivity (Wildman–Crippen MR) is 83.6 cm³/mol. The van der Waals surface area contributed by atoms with Crippen LogP contribution in [-0.4, -0.2) is 36.6 Å². The second kappa shape index (κ2) is 5.44. The van der Waals surface area contributed by atoms with Crippen LogP contribution in [0.25, 0.3) is 0 Å². The average molecular weight is 278 g/mol. The van der Waals surface area contributed by atoms with E-state index in [1.807, 2.05) is 7.05 Å². The number of nitrogens with one attached hydrogen (secondary N) is 1. The summed E-state index contributed by atoms with van der Waals surface area (Å²) in [6.07, 6.45) is 0.849. The Labute approximate surface area is 121 Å². The molecule has 5 N–H and O–H groups in total. The highest BCUT2D eigenvalue weighted by Crippen LogP contribution is 2.33. The van der Waals surface area contributed by atoms with Gasteiger partial charge in [-0.1, -0.05) is 20.8 Å². The van der Waals surface area contributed by atoms with E-state index in [0.29, 0.717) is 11.7 Å². The topological polar surface area (TPSA) is 93.1 Å². The molecule has 0 saturated carbocycles. The third kappa shape index (κ3) is 3.30. The van der Waals surface area contributed by atoms with Crippen molar-refractivity contribution in [1.29, 1.82) is 0 Å². The summed E-state index contributed by atoms with van der Waals surface area (Å²) >= 11 is 0. The van der Waals surface area contributed by atoms with Gasteiger partial charge in [-0.25, -0.2) is 0 Å². The summed E-state index contributed by atoms with van der Waals surface area (Å²) in [6, 6.07) is 0. The van der Waals surface area contributed by atoms with Crippen LogP contribution in [0.4, 0.5) is 17.6 Å². The smallest absolute Gasteiger partial charge is 0.223 e. The highest BCUT2D eigenvalue weighted by atomic mass is 15.3. The molecule has 0 spiro atoms. The number of hydrogen-bond acceptors (Lipinski definition) is 6. The molecular formula is C14H26N6. The Morgan fingerprint density at radius 1 is 1.25 bits per heavy atom. The second-order valence-electron chi connectivity index (χ2n) is 6.84. The van der Waals surface area contributed by atoms with E-state index in [4.69, 9.17) is 11.5 Å². The van der Waals surface area contributed by atoms with Crippen LogP contribution in [-0.2, 0) is 6.42 Å². The molecule has 1 fully saturated rings. The van der Waals surface area contributed by atoms with Crippen molar-refractivity contribution in [3.8, 4) is 0 Å². The number of nitrogens with zero attached hydrogens (tertiary/aromatic N) is 3. The van der Waals surface area contributed by atoms with Gasteiger partial charge in [0.25, 0.3) is 0 Å². The summed E-state index contributed by atoms with van der Waals surface area (Å²) in [5.74, 6) is 2.35. The van der Waals surface area contributed by atoms with E-state index >= 15 is 0 Å². The molecule has 1 aromatic heterocycles. The minimum atomic E-state index is 0.136. The lowest BCUT2D eigenvalue weighted by atomic mass is 9.87. The van der Waals surface area contributed by atoms with Gasteiger partial charge in [-0.3, -0.25) is 0 Å². The Kier molecular flexibility index (Phi) is 4.04. The summed E-state index contributed by atoms with van der Waals surface area (Å²) < 4.78 is 0. The molecule has 0 atom stereocenters. The molecule has 0 aromatic carbocycles. The molecule has 20 heavy (non-hydrogen) atoms. The van der Waals surface area contributed by atoms with Crippen LogP contribution in [0.15, 0.2) is 0 Å². The minimum Gasteiger partial charge on any atom is -0.383 e. The summed E-state index contributed by atoms with van der Waals surface area (Å²) in [6.45, 7) is 9.58. The zero-order valence-electron chi connectivity index (χ0n) is 12.9. The maximum atomic E-state index is 6.07. The minimum absolute atomic E-state index is 0.136. The van der Waals surface area contributed by atoms with Crippen molar-refractivity contribution in [3.05, 3.63) is 5.56 Å². The van der Waals surface area contributed by atoms with Crippen molar-refractivity contribution in [1.82, 2.24) is 15.3 Å². The van der Waals surface area contributed by atoms with E-state index in [2.05, 4.69) is 41.0 Å². The van der Waals surface area contributed by atoms with Gasteiger partial charge in [0.2, 0.25) is 5.95 Å². The van der Waals surface area contributed by atoms with Gasteiger partial charge in [0, 0.05) is 31.1 Å². The monoisotopic (exact) mass is 278 g/mol. The Balaban J connectivity index is 2.23. The predicted octanol–water partition coefficient (Wildman–Crippen LogP) is 0.885. The molecule has 1 aliphatic rings. The van der Waals surface area contributed by atoms with Crippen LogP contribution in [0.2, 0.25) is 0 Å². The lowest BCUT2D eigenvalue weighted by molar-refractivity contribution is 0.385. The van der Waals surface area contributed by atoms with Gasteiger partial charge in [0.15, 0.2) is 0 Å². The standard InChI is InChI=1S/C14H26N6/c1-14(2,3)5-10-11(15)18-13(16)19-12(10)20-7-9(8-20)6-17-4/h9,17H,5-8H2,1-4H3,(H4,15,16,18,19). The molecule has 6 nitrogen and oxygen atoms in total. The van der Waals surface area contributed by atoms with Crippen molar-refractivity contribution in [2.75, 3.05) is 43.0 Å². The summed E-state index contributed by atoms with van der Waals surface area (Å²) in [7, 11) is 1.98. The average Bonchev–Trinajstić information content (AvgIpc) is 2.25. The van der Waals surface area contributed by atoms with Crippen LogP contribution in [0, 0.1) is 11.3 Å². The number of nitrogens with two attached hydrogens (primary N) is 2. The molecule has 1 aromatic rings. The molecule has 2 heterocycles. The molecular weight excluding hydrogens is 252 g/mol. The molecule has 0 bridgehead atoms. The van der Waals surface area contributed by atoms with E-state index in [9.17, 15) is 0 Å². The van der Waals surface area contributed by atoms with Crippen LogP contribution in [0.1, 0.15) is 26.3 Å². The first-order chi connectivity index (χ1) is 9.30. The SMILES string of the molecule is CNCC1CN(c2nc(N)nc(N)c2CC(C)(C)C)C1. The number of anilines is 3. The van der Waals surface area contributed by atoms with E-state index in [-0.39, 0.29) is 11.4 Å². The van der Waals surface area contributed by atoms with Crippen molar-refractivity contribution < 1.29 is 0 Å². The number of hydrogen-bond donors (Lipinski definition) is 3. The van der Waals surface area contributed by atoms with E-state index in [1.54, 1.807) is 0 Å². The molecule has 0 aliphatic carbocycles. The molecule has 0 amide bonds. The third-order valence-electron chi connectivity index (χ3n) is 3.49. The van der Waals surface area contributed by atoms with Crippen molar-refractivity contribution in [3.63, 3.8) is 0 Å². The first-order valence-corrected chi connectivity index (χ1v) is 7.11. The summed E-state index contributed by atoms with van der Waals surface area (Å²) in [4.78, 5) is 10.8. The molecule has 6 heteroatoms. The van der Waals surface area contributed by atoms with E-state index in [1.165, 1.54) is 0 Å². The normalized spacial score (nSPS) is 16.3. The largest absolute Gasteiger partial charge is 0.383 e. The number of nitrogen functional groups attached to an aromatic ring is 2. The summed E-state index contributed by atoms with van der Waals surface area (Å²) in [5, 5.41) is 3.21. The Morgan fingerprint density at radius 3 is 2.45 bits per heavy atom. The Morgan fingerprint density at radius 2 is 1.90 bits per heavy atom. The maximum Gasteiger partial charge on any atom is 0.223 e. The first-order valence-electron chi connectivity index (χ1n) is 7.11. The van der Waals surface area contributed by atoms with Crippen molar-refractivity contribution >= 4 is 17.6 Å². The quantitative estimate of drug-likeness (QED) is 0.757. The number of rotatable bonds is 4. The Bertz CT molecular complexity index is 473. The zero-order valence-corrected chi connectivity index (χ0v) is 12.9. The van der Waals surface area contributed by atoms with Crippen LogP contribution in [0.3, 0.4) is 0 Å². The highest BCUT2D eigenvalue weighted by Gasteiger charge is 2.31. The first kappa shape index (κ1) is 14.8. The molecule has 2 rings (SSSR count). The molecule has 0 unspecified atom stereocenters. The van der Waals surface area contributed by atoms with Crippen molar-refractivity contribution in [2.45, 2.75) is 27.2 Å². The van der Waals surface area contributed by atoms with Crippen LogP contribution in [0.5, 0.6) is 0 Å². The van der Waals surface area contributed by atoms with Crippen molar-refractivity contribution in [2.24, 2.45) is 11.3 Å². The fourth-order valence-electron chi connectivity index (χ4n) is 2.63.